The number of aromatic nitrogens is 1. The second-order valence-corrected chi connectivity index (χ2v) is 6.06. The van der Waals surface area contributed by atoms with Crippen molar-refractivity contribution in [2.75, 3.05) is 0 Å². The summed E-state index contributed by atoms with van der Waals surface area (Å²) in [6, 6.07) is 13.0. The maximum absolute atomic E-state index is 12.3. The highest BCUT2D eigenvalue weighted by atomic mass is 79.9. The van der Waals surface area contributed by atoms with Gasteiger partial charge in [0.05, 0.1) is 15.8 Å². The van der Waals surface area contributed by atoms with Crippen molar-refractivity contribution in [2.45, 2.75) is 0 Å². The lowest BCUT2D eigenvalue weighted by molar-refractivity contribution is 1.13. The summed E-state index contributed by atoms with van der Waals surface area (Å²) in [5.74, 6) is 0. The van der Waals surface area contributed by atoms with E-state index in [9.17, 15) is 4.79 Å². The first-order valence-electron chi connectivity index (χ1n) is 5.23. The van der Waals surface area contributed by atoms with E-state index in [1.54, 1.807) is 16.1 Å². The summed E-state index contributed by atoms with van der Waals surface area (Å²) in [5.41, 5.74) is 0.757. The molecule has 0 radical (unpaired) electrons. The number of benzene rings is 2. The largest absolute Gasteiger partial charge is 0.273 e. The molecule has 0 atom stereocenters. The zero-order chi connectivity index (χ0) is 12.7. The Morgan fingerprint density at radius 1 is 1.17 bits per heavy atom. The summed E-state index contributed by atoms with van der Waals surface area (Å²) in [4.78, 5) is 12.3. The molecule has 1 heterocycles. The minimum Gasteiger partial charge on any atom is -0.267 e. The number of hydrogen-bond donors (Lipinski definition) is 0. The van der Waals surface area contributed by atoms with Gasteiger partial charge in [0, 0.05) is 9.50 Å². The molecule has 0 spiro atoms. The van der Waals surface area contributed by atoms with Gasteiger partial charge in [0.25, 0.3) is 5.56 Å². The number of halogens is 2. The Labute approximate surface area is 121 Å². The van der Waals surface area contributed by atoms with Gasteiger partial charge < -0.3 is 0 Å². The molecule has 0 saturated carbocycles. The van der Waals surface area contributed by atoms with E-state index in [1.807, 2.05) is 30.3 Å². The molecule has 0 aliphatic carbocycles. The van der Waals surface area contributed by atoms with E-state index in [4.69, 9.17) is 11.6 Å². The van der Waals surface area contributed by atoms with Crippen LogP contribution in [0.4, 0.5) is 0 Å². The molecule has 0 aliphatic heterocycles. The molecule has 2 nitrogen and oxygen atoms in total. The van der Waals surface area contributed by atoms with E-state index in [-0.39, 0.29) is 5.56 Å². The molecule has 0 saturated heterocycles. The third kappa shape index (κ3) is 1.90. The van der Waals surface area contributed by atoms with E-state index in [1.165, 1.54) is 11.5 Å². The van der Waals surface area contributed by atoms with Gasteiger partial charge in [0.15, 0.2) is 0 Å². The quantitative estimate of drug-likeness (QED) is 0.640. The van der Waals surface area contributed by atoms with Crippen molar-refractivity contribution in [3.8, 4) is 5.69 Å². The second-order valence-electron chi connectivity index (χ2n) is 3.78. The second kappa shape index (κ2) is 4.53. The SMILES string of the molecule is O=c1c2ccccc2sn1-c1cc(Cl)ccc1Br. The Kier molecular flexibility index (Phi) is 3.01. The summed E-state index contributed by atoms with van der Waals surface area (Å²) in [5, 5.41) is 1.34. The number of hydrogen-bond acceptors (Lipinski definition) is 2. The van der Waals surface area contributed by atoms with Crippen molar-refractivity contribution >= 4 is 49.1 Å². The zero-order valence-corrected chi connectivity index (χ0v) is 12.2. The van der Waals surface area contributed by atoms with Crippen LogP contribution in [0.15, 0.2) is 51.7 Å². The minimum absolute atomic E-state index is 0.0152. The first-order chi connectivity index (χ1) is 8.66. The average molecular weight is 341 g/mol. The lowest BCUT2D eigenvalue weighted by atomic mass is 10.3. The molecule has 5 heteroatoms. The van der Waals surface area contributed by atoms with E-state index in [0.717, 1.165) is 20.2 Å². The maximum atomic E-state index is 12.3. The fourth-order valence-corrected chi connectivity index (χ4v) is 3.50. The summed E-state index contributed by atoms with van der Waals surface area (Å²) in [6.45, 7) is 0. The van der Waals surface area contributed by atoms with Crippen LogP contribution in [0.25, 0.3) is 15.8 Å². The molecule has 0 fully saturated rings. The predicted octanol–water partition coefficient (Wildman–Crippen LogP) is 4.47. The third-order valence-electron chi connectivity index (χ3n) is 2.62. The lowest BCUT2D eigenvalue weighted by Gasteiger charge is -2.03. The van der Waals surface area contributed by atoms with Crippen molar-refractivity contribution in [1.29, 1.82) is 0 Å². The van der Waals surface area contributed by atoms with Crippen LogP contribution in [-0.4, -0.2) is 3.96 Å². The van der Waals surface area contributed by atoms with E-state index < -0.39 is 0 Å². The van der Waals surface area contributed by atoms with Gasteiger partial charge in [-0.05, 0) is 46.3 Å². The lowest BCUT2D eigenvalue weighted by Crippen LogP contribution is -2.11. The predicted molar refractivity (Wildman–Crippen MR) is 80.1 cm³/mol. The van der Waals surface area contributed by atoms with Crippen LogP contribution in [0.5, 0.6) is 0 Å². The van der Waals surface area contributed by atoms with Gasteiger partial charge in [-0.25, -0.2) is 3.96 Å². The van der Waals surface area contributed by atoms with Gasteiger partial charge in [0.1, 0.15) is 0 Å². The molecular weight excluding hydrogens is 334 g/mol. The van der Waals surface area contributed by atoms with Crippen LogP contribution in [0, 0.1) is 0 Å². The van der Waals surface area contributed by atoms with Crippen LogP contribution in [0.3, 0.4) is 0 Å². The summed E-state index contributed by atoms with van der Waals surface area (Å²) < 4.78 is 3.47. The Hall–Kier alpha value is -1.10. The van der Waals surface area contributed by atoms with Crippen LogP contribution >= 0.6 is 39.1 Å². The molecule has 0 unspecified atom stereocenters. The van der Waals surface area contributed by atoms with Crippen LogP contribution < -0.4 is 5.56 Å². The number of fused-ring (bicyclic) bond motifs is 1. The highest BCUT2D eigenvalue weighted by Crippen LogP contribution is 2.27. The standard InChI is InChI=1S/C13H7BrClNOS/c14-10-6-5-8(15)7-11(10)16-13(17)9-3-1-2-4-12(9)18-16/h1-7H. The molecule has 1 aromatic heterocycles. The number of nitrogens with zero attached hydrogens (tertiary/aromatic N) is 1. The van der Waals surface area contributed by atoms with Crippen LogP contribution in [0.1, 0.15) is 0 Å². The van der Waals surface area contributed by atoms with Crippen molar-refractivity contribution in [1.82, 2.24) is 3.96 Å². The molecule has 18 heavy (non-hydrogen) atoms. The van der Waals surface area contributed by atoms with Crippen LogP contribution in [0.2, 0.25) is 5.02 Å². The maximum Gasteiger partial charge on any atom is 0.273 e. The summed E-state index contributed by atoms with van der Waals surface area (Å²) in [7, 11) is 0. The van der Waals surface area contributed by atoms with E-state index >= 15 is 0 Å². The first kappa shape index (κ1) is 12.0. The Bertz CT molecular complexity index is 793. The molecule has 0 amide bonds. The molecule has 90 valence electrons. The molecule has 0 N–H and O–H groups in total. The average Bonchev–Trinajstić information content (AvgIpc) is 2.71. The molecule has 2 aromatic carbocycles. The monoisotopic (exact) mass is 339 g/mol. The van der Waals surface area contributed by atoms with Gasteiger partial charge >= 0.3 is 0 Å². The highest BCUT2D eigenvalue weighted by molar-refractivity contribution is 9.10. The summed E-state index contributed by atoms with van der Waals surface area (Å²) in [6.07, 6.45) is 0. The van der Waals surface area contributed by atoms with Gasteiger partial charge in [-0.1, -0.05) is 35.3 Å². The fraction of sp³-hybridized carbons (Fsp3) is 0. The molecule has 0 bridgehead atoms. The smallest absolute Gasteiger partial charge is 0.267 e. The van der Waals surface area contributed by atoms with Crippen molar-refractivity contribution in [3.63, 3.8) is 0 Å². The van der Waals surface area contributed by atoms with Gasteiger partial charge in [-0.15, -0.1) is 0 Å². The minimum atomic E-state index is -0.0152. The Balaban J connectivity index is 2.35. The van der Waals surface area contributed by atoms with Crippen molar-refractivity contribution in [2.24, 2.45) is 0 Å². The van der Waals surface area contributed by atoms with Gasteiger partial charge in [0.2, 0.25) is 0 Å². The molecule has 0 aliphatic rings. The topological polar surface area (TPSA) is 22.0 Å². The first-order valence-corrected chi connectivity index (χ1v) is 7.18. The molecule has 3 rings (SSSR count). The van der Waals surface area contributed by atoms with E-state index in [2.05, 4.69) is 15.9 Å². The molecular formula is C13H7BrClNOS. The highest BCUT2D eigenvalue weighted by Gasteiger charge is 2.11. The number of rotatable bonds is 1. The third-order valence-corrected chi connectivity index (χ3v) is 4.62. The Morgan fingerprint density at radius 2 is 1.94 bits per heavy atom. The van der Waals surface area contributed by atoms with Gasteiger partial charge in [-0.3, -0.25) is 4.79 Å². The Morgan fingerprint density at radius 3 is 2.72 bits per heavy atom. The van der Waals surface area contributed by atoms with Crippen molar-refractivity contribution in [3.05, 3.63) is 62.3 Å². The fourth-order valence-electron chi connectivity index (χ4n) is 1.77. The van der Waals surface area contributed by atoms with Crippen LogP contribution in [-0.2, 0) is 0 Å². The van der Waals surface area contributed by atoms with Gasteiger partial charge in [-0.2, -0.15) is 0 Å². The summed E-state index contributed by atoms with van der Waals surface area (Å²) >= 11 is 10.8. The molecule has 3 aromatic rings. The normalized spacial score (nSPS) is 11.0. The van der Waals surface area contributed by atoms with E-state index in [0.29, 0.717) is 5.02 Å². The van der Waals surface area contributed by atoms with Crippen molar-refractivity contribution < 1.29 is 0 Å². The zero-order valence-electron chi connectivity index (χ0n) is 9.06.